The molecule has 11 atom stereocenters. The average Bonchev–Trinajstić information content (AvgIpc) is 3.60. The molecule has 0 amide bonds. The molecular weight excluding hydrogens is 492 g/mol. The quantitative estimate of drug-likeness (QED) is 0.155. The molecule has 2 saturated heterocycles. The lowest BCUT2D eigenvalue weighted by Crippen LogP contribution is -2.60. The summed E-state index contributed by atoms with van der Waals surface area (Å²) in [6, 6.07) is 7.11. The van der Waals surface area contributed by atoms with Crippen molar-refractivity contribution >= 4 is 12.0 Å². The number of methoxy groups -OCH3 is 1. The number of carbonyl (C=O) groups excluding carboxylic acids is 1. The van der Waals surface area contributed by atoms with Crippen molar-refractivity contribution in [2.75, 3.05) is 20.3 Å². The van der Waals surface area contributed by atoms with Crippen LogP contribution in [0, 0.1) is 11.8 Å². The van der Waals surface area contributed by atoms with E-state index in [-0.39, 0.29) is 0 Å². The first kappa shape index (κ1) is 26.1. The maximum absolute atomic E-state index is 12.6. The predicted molar refractivity (Wildman–Crippen MR) is 122 cm³/mol. The van der Waals surface area contributed by atoms with E-state index in [1.807, 2.05) is 0 Å². The van der Waals surface area contributed by atoms with Gasteiger partial charge in [0.15, 0.2) is 6.29 Å². The van der Waals surface area contributed by atoms with Gasteiger partial charge in [-0.15, -0.1) is 0 Å². The third kappa shape index (κ3) is 4.64. The van der Waals surface area contributed by atoms with E-state index in [0.29, 0.717) is 5.75 Å². The van der Waals surface area contributed by atoms with E-state index in [2.05, 4.69) is 0 Å². The van der Waals surface area contributed by atoms with E-state index in [4.69, 9.17) is 28.4 Å². The highest BCUT2D eigenvalue weighted by Crippen LogP contribution is 2.60. The number of rotatable bonds is 8. The smallest absolute Gasteiger partial charge is 0.331 e. The van der Waals surface area contributed by atoms with Crippen LogP contribution >= 0.6 is 0 Å². The Labute approximate surface area is 212 Å². The zero-order valence-electron chi connectivity index (χ0n) is 19.9. The van der Waals surface area contributed by atoms with E-state index in [1.165, 1.54) is 12.3 Å². The molecule has 3 aliphatic heterocycles. The summed E-state index contributed by atoms with van der Waals surface area (Å²) >= 11 is 0. The second-order valence-electron chi connectivity index (χ2n) is 9.43. The third-order valence-corrected chi connectivity index (χ3v) is 7.38. The third-order valence-electron chi connectivity index (χ3n) is 7.38. The highest BCUT2D eigenvalue weighted by atomic mass is 16.8. The molecule has 0 bridgehead atoms. The van der Waals surface area contributed by atoms with Crippen LogP contribution in [-0.2, 0) is 28.5 Å². The lowest BCUT2D eigenvalue weighted by Gasteiger charge is -2.43. The second-order valence-corrected chi connectivity index (χ2v) is 9.43. The lowest BCUT2D eigenvalue weighted by atomic mass is 9.85. The van der Waals surface area contributed by atoms with Gasteiger partial charge < -0.3 is 54.0 Å². The molecule has 0 aromatic heterocycles. The highest BCUT2D eigenvalue weighted by molar-refractivity contribution is 5.87. The maximum Gasteiger partial charge on any atom is 0.331 e. The summed E-state index contributed by atoms with van der Waals surface area (Å²) in [5, 5.41) is 50.1. The van der Waals surface area contributed by atoms with E-state index < -0.39 is 85.8 Å². The van der Waals surface area contributed by atoms with Crippen molar-refractivity contribution in [1.82, 2.24) is 0 Å². The van der Waals surface area contributed by atoms with Crippen LogP contribution in [0.5, 0.6) is 5.75 Å². The molecule has 5 rings (SSSR count). The molecule has 1 aromatic carbocycles. The Hall–Kier alpha value is -2.55. The van der Waals surface area contributed by atoms with E-state index >= 15 is 0 Å². The Morgan fingerprint density at radius 2 is 1.84 bits per heavy atom. The van der Waals surface area contributed by atoms with Crippen LogP contribution in [-0.4, -0.2) is 107 Å². The number of aliphatic hydroxyl groups excluding tert-OH is 5. The molecule has 3 heterocycles. The molecule has 1 aromatic rings. The van der Waals surface area contributed by atoms with E-state index in [0.717, 1.165) is 5.56 Å². The molecule has 12 nitrogen and oxygen atoms in total. The Bertz CT molecular complexity index is 1030. The van der Waals surface area contributed by atoms with Crippen molar-refractivity contribution in [1.29, 1.82) is 0 Å². The van der Waals surface area contributed by atoms with Crippen molar-refractivity contribution in [2.24, 2.45) is 11.8 Å². The van der Waals surface area contributed by atoms with Gasteiger partial charge in [-0.25, -0.2) is 4.79 Å². The Kier molecular flexibility index (Phi) is 7.27. The van der Waals surface area contributed by atoms with E-state index in [9.17, 15) is 30.3 Å². The molecule has 1 aliphatic carbocycles. The fraction of sp³-hybridized carbons (Fsp3) is 0.560. The minimum absolute atomic E-state index is 0.402. The van der Waals surface area contributed by atoms with Crippen LogP contribution in [0.4, 0.5) is 0 Å². The van der Waals surface area contributed by atoms with Gasteiger partial charge in [-0.2, -0.15) is 0 Å². The lowest BCUT2D eigenvalue weighted by molar-refractivity contribution is -0.344. The topological polar surface area (TPSA) is 177 Å². The van der Waals surface area contributed by atoms with Crippen LogP contribution in [0.15, 0.2) is 42.7 Å². The monoisotopic (exact) mass is 522 g/mol. The molecule has 1 saturated carbocycles. The maximum atomic E-state index is 12.6. The van der Waals surface area contributed by atoms with Gasteiger partial charge in [-0.3, -0.25) is 0 Å². The van der Waals surface area contributed by atoms with Gasteiger partial charge in [0.2, 0.25) is 6.29 Å². The van der Waals surface area contributed by atoms with Crippen LogP contribution in [0.3, 0.4) is 0 Å². The number of epoxide rings is 1. The Balaban J connectivity index is 1.28. The summed E-state index contributed by atoms with van der Waals surface area (Å²) in [5.74, 6) is -1.01. The zero-order chi connectivity index (χ0) is 26.3. The molecule has 0 unspecified atom stereocenters. The molecule has 5 N–H and O–H groups in total. The van der Waals surface area contributed by atoms with Gasteiger partial charge in [0.25, 0.3) is 0 Å². The summed E-state index contributed by atoms with van der Waals surface area (Å²) in [7, 11) is 1.56. The molecular formula is C25H30O12. The van der Waals surface area contributed by atoms with Crippen molar-refractivity contribution in [3.8, 4) is 5.75 Å². The van der Waals surface area contributed by atoms with Crippen LogP contribution in [0.25, 0.3) is 6.08 Å². The standard InChI is InChI=1S/C25H30O12/c1-32-13-5-2-12(3-6-13)4-7-16(28)35-21-14-8-9-33-23(17(14)25(11-27)22(21)37-25)36-24-20(31)19(30)18(29)15(10-26)34-24/h2-9,14-15,17-24,26-27,29-31H,10-11H2,1H3/t14-,15-,17+,18-,19+,20-,21+,22+,23-,24+,25-/m1/s1. The average molecular weight is 523 g/mol. The van der Waals surface area contributed by atoms with E-state index in [1.54, 1.807) is 43.5 Å². The van der Waals surface area contributed by atoms with Gasteiger partial charge >= 0.3 is 5.97 Å². The minimum atomic E-state index is -1.63. The first-order chi connectivity index (χ1) is 17.8. The minimum Gasteiger partial charge on any atom is -0.497 e. The number of hydrogen-bond acceptors (Lipinski definition) is 12. The van der Waals surface area contributed by atoms with Crippen LogP contribution in [0.2, 0.25) is 0 Å². The molecule has 4 aliphatic rings. The number of hydrogen-bond donors (Lipinski definition) is 5. The van der Waals surface area contributed by atoms with Gasteiger partial charge in [0.05, 0.1) is 32.5 Å². The zero-order valence-corrected chi connectivity index (χ0v) is 19.9. The summed E-state index contributed by atoms with van der Waals surface area (Å²) in [6.07, 6.45) is -3.94. The van der Waals surface area contributed by atoms with Gasteiger partial charge in [-0.05, 0) is 29.8 Å². The number of ether oxygens (including phenoxy) is 6. The molecule has 12 heteroatoms. The first-order valence-corrected chi connectivity index (χ1v) is 11.9. The van der Waals surface area contributed by atoms with Crippen molar-refractivity contribution in [3.63, 3.8) is 0 Å². The number of benzene rings is 1. The number of esters is 1. The first-order valence-electron chi connectivity index (χ1n) is 11.9. The second kappa shape index (κ2) is 10.3. The predicted octanol–water partition coefficient (Wildman–Crippen LogP) is -1.32. The molecule has 0 spiro atoms. The Morgan fingerprint density at radius 3 is 2.51 bits per heavy atom. The number of carbonyl (C=O) groups is 1. The summed E-state index contributed by atoms with van der Waals surface area (Å²) in [6.45, 7) is -1.02. The van der Waals surface area contributed by atoms with Crippen LogP contribution in [0.1, 0.15) is 5.56 Å². The molecule has 202 valence electrons. The summed E-state index contributed by atoms with van der Waals surface area (Å²) in [5.41, 5.74) is -0.341. The van der Waals surface area contributed by atoms with Crippen molar-refractivity contribution in [3.05, 3.63) is 48.2 Å². The van der Waals surface area contributed by atoms with Gasteiger partial charge in [0, 0.05) is 12.0 Å². The normalized spacial score (nSPS) is 42.1. The molecule has 3 fully saturated rings. The number of aliphatic hydroxyl groups is 5. The fourth-order valence-corrected chi connectivity index (χ4v) is 5.34. The summed E-state index contributed by atoms with van der Waals surface area (Å²) < 4.78 is 33.5. The van der Waals surface area contributed by atoms with Crippen LogP contribution < -0.4 is 4.74 Å². The highest BCUT2D eigenvalue weighted by Gasteiger charge is 2.77. The summed E-state index contributed by atoms with van der Waals surface area (Å²) in [4.78, 5) is 12.6. The Morgan fingerprint density at radius 1 is 1.08 bits per heavy atom. The molecule has 0 radical (unpaired) electrons. The molecule has 37 heavy (non-hydrogen) atoms. The van der Waals surface area contributed by atoms with Crippen molar-refractivity contribution < 1.29 is 58.7 Å². The fourth-order valence-electron chi connectivity index (χ4n) is 5.34. The number of fused-ring (bicyclic) bond motifs is 3. The van der Waals surface area contributed by atoms with Crippen molar-refractivity contribution in [2.45, 2.75) is 54.8 Å². The largest absolute Gasteiger partial charge is 0.497 e. The SMILES string of the molecule is COc1ccc(C=CC(=O)O[C@H]2[C@@H]3C=CO[C@H](O[C@@H]4O[C@H](CO)[C@@H](O)[C@H](O)[C@H]4O)[C@H]3[C@@]3(CO)O[C@@H]23)cc1. The van der Waals surface area contributed by atoms with Gasteiger partial charge in [0.1, 0.15) is 48.0 Å². The van der Waals surface area contributed by atoms with Gasteiger partial charge in [-0.1, -0.05) is 12.1 Å².